The van der Waals surface area contributed by atoms with Crippen molar-refractivity contribution in [1.29, 1.82) is 0 Å². The van der Waals surface area contributed by atoms with Gasteiger partial charge in [0.2, 0.25) is 10.0 Å². The lowest BCUT2D eigenvalue weighted by atomic mass is 10.2. The molecule has 1 aromatic rings. The minimum atomic E-state index is -3.64. The van der Waals surface area contributed by atoms with Gasteiger partial charge in [-0.05, 0) is 43.9 Å². The highest BCUT2D eigenvalue weighted by Gasteiger charge is 2.36. The molecule has 0 amide bonds. The Morgan fingerprint density at radius 1 is 1.44 bits per heavy atom. The summed E-state index contributed by atoms with van der Waals surface area (Å²) < 4.78 is 39.2. The van der Waals surface area contributed by atoms with Gasteiger partial charge in [-0.2, -0.15) is 4.31 Å². The van der Waals surface area contributed by atoms with Crippen molar-refractivity contribution in [2.45, 2.75) is 30.7 Å². The van der Waals surface area contributed by atoms with Crippen LogP contribution in [0.3, 0.4) is 0 Å². The second kappa shape index (κ2) is 4.51. The summed E-state index contributed by atoms with van der Waals surface area (Å²) in [5.74, 6) is -0.285. The zero-order valence-corrected chi connectivity index (χ0v) is 11.2. The molecule has 1 saturated carbocycles. The van der Waals surface area contributed by atoms with Crippen LogP contribution in [0.2, 0.25) is 0 Å². The molecule has 0 aromatic heterocycles. The quantitative estimate of drug-likeness (QED) is 0.850. The fourth-order valence-electron chi connectivity index (χ4n) is 1.93. The first kappa shape index (κ1) is 13.3. The number of halogens is 1. The van der Waals surface area contributed by atoms with E-state index >= 15 is 0 Å². The number of nitrogen functional groups attached to an aromatic ring is 1. The summed E-state index contributed by atoms with van der Waals surface area (Å²) in [5, 5.41) is 0. The molecule has 1 aliphatic rings. The predicted octanol–water partition coefficient (Wildman–Crippen LogP) is 1.83. The van der Waals surface area contributed by atoms with Gasteiger partial charge >= 0.3 is 0 Å². The van der Waals surface area contributed by atoms with Gasteiger partial charge in [0.25, 0.3) is 0 Å². The van der Waals surface area contributed by atoms with Crippen molar-refractivity contribution in [1.82, 2.24) is 4.31 Å². The maximum absolute atomic E-state index is 13.3. The zero-order valence-electron chi connectivity index (χ0n) is 10.4. The highest BCUT2D eigenvalue weighted by Crippen LogP contribution is 2.36. The Kier molecular flexibility index (Phi) is 3.33. The van der Waals surface area contributed by atoms with E-state index in [1.54, 1.807) is 0 Å². The van der Waals surface area contributed by atoms with E-state index < -0.39 is 15.8 Å². The van der Waals surface area contributed by atoms with E-state index in [1.165, 1.54) is 23.5 Å². The molecular formula is C12H17FN2O2S. The van der Waals surface area contributed by atoms with Crippen molar-refractivity contribution >= 4 is 15.7 Å². The van der Waals surface area contributed by atoms with Crippen LogP contribution in [0.4, 0.5) is 10.1 Å². The lowest BCUT2D eigenvalue weighted by Gasteiger charge is -2.24. The molecule has 2 N–H and O–H groups in total. The van der Waals surface area contributed by atoms with E-state index in [1.807, 2.05) is 6.92 Å². The Labute approximate surface area is 107 Å². The Balaban J connectivity index is 2.31. The molecule has 1 aliphatic carbocycles. The minimum absolute atomic E-state index is 0.0492. The van der Waals surface area contributed by atoms with Crippen molar-refractivity contribution in [2.75, 3.05) is 12.8 Å². The average molecular weight is 272 g/mol. The summed E-state index contributed by atoms with van der Waals surface area (Å²) >= 11 is 0. The molecule has 4 nitrogen and oxygen atoms in total. The lowest BCUT2D eigenvalue weighted by Crippen LogP contribution is -2.36. The average Bonchev–Trinajstić information content (AvgIpc) is 3.14. The molecule has 1 atom stereocenters. The first-order chi connectivity index (χ1) is 8.34. The number of nitrogens with zero attached hydrogens (tertiary/aromatic N) is 1. The number of nitrogens with two attached hydrogens (primary N) is 1. The minimum Gasteiger partial charge on any atom is -0.396 e. The summed E-state index contributed by atoms with van der Waals surface area (Å²) in [6.07, 6.45) is 2.11. The second-order valence-corrected chi connectivity index (χ2v) is 6.78. The van der Waals surface area contributed by atoms with E-state index in [9.17, 15) is 12.8 Å². The van der Waals surface area contributed by atoms with Crippen LogP contribution in [0.25, 0.3) is 0 Å². The van der Waals surface area contributed by atoms with Crippen LogP contribution in [0, 0.1) is 11.7 Å². The van der Waals surface area contributed by atoms with Gasteiger partial charge in [0, 0.05) is 13.1 Å². The Hall–Kier alpha value is -1.14. The smallest absolute Gasteiger partial charge is 0.243 e. The monoisotopic (exact) mass is 272 g/mol. The van der Waals surface area contributed by atoms with E-state index in [0.717, 1.165) is 18.9 Å². The van der Waals surface area contributed by atoms with Gasteiger partial charge in [-0.3, -0.25) is 0 Å². The fraction of sp³-hybridized carbons (Fsp3) is 0.500. The summed E-state index contributed by atoms with van der Waals surface area (Å²) in [4.78, 5) is -0.0517. The Morgan fingerprint density at radius 3 is 2.56 bits per heavy atom. The summed E-state index contributed by atoms with van der Waals surface area (Å²) in [6.45, 7) is 1.88. The zero-order chi connectivity index (χ0) is 13.5. The van der Waals surface area contributed by atoms with Crippen molar-refractivity contribution in [3.63, 3.8) is 0 Å². The molecule has 0 spiro atoms. The standard InChI is InChI=1S/C12H17FN2O2S/c1-8(9-3-4-9)15(2)18(16,17)10-5-6-12(14)11(13)7-10/h5-9H,3-4,14H2,1-2H3. The van der Waals surface area contributed by atoms with Crippen LogP contribution < -0.4 is 5.73 Å². The SMILES string of the molecule is CC(C1CC1)N(C)S(=O)(=O)c1ccc(N)c(F)c1. The topological polar surface area (TPSA) is 63.4 Å². The number of sulfonamides is 1. The number of hydrogen-bond acceptors (Lipinski definition) is 3. The van der Waals surface area contributed by atoms with Crippen LogP contribution in [-0.4, -0.2) is 25.8 Å². The summed E-state index contributed by atoms with van der Waals surface area (Å²) in [5.41, 5.74) is 5.29. The molecule has 1 unspecified atom stereocenters. The van der Waals surface area contributed by atoms with Crippen LogP contribution in [0.15, 0.2) is 23.1 Å². The van der Waals surface area contributed by atoms with Crippen molar-refractivity contribution in [3.8, 4) is 0 Å². The molecule has 0 saturated heterocycles. The van der Waals surface area contributed by atoms with Crippen molar-refractivity contribution in [3.05, 3.63) is 24.0 Å². The molecule has 0 aliphatic heterocycles. The van der Waals surface area contributed by atoms with Gasteiger partial charge in [-0.25, -0.2) is 12.8 Å². The molecule has 18 heavy (non-hydrogen) atoms. The van der Waals surface area contributed by atoms with Crippen molar-refractivity contribution in [2.24, 2.45) is 5.92 Å². The molecule has 0 bridgehead atoms. The Morgan fingerprint density at radius 2 is 2.06 bits per heavy atom. The van der Waals surface area contributed by atoms with Gasteiger partial charge in [-0.15, -0.1) is 0 Å². The van der Waals surface area contributed by atoms with Gasteiger partial charge in [0.05, 0.1) is 10.6 Å². The number of hydrogen-bond donors (Lipinski definition) is 1. The fourth-order valence-corrected chi connectivity index (χ4v) is 3.36. The molecule has 1 fully saturated rings. The lowest BCUT2D eigenvalue weighted by molar-refractivity contribution is 0.357. The van der Waals surface area contributed by atoms with Gasteiger partial charge in [-0.1, -0.05) is 0 Å². The third kappa shape index (κ3) is 2.35. The number of rotatable bonds is 4. The summed E-state index contributed by atoms with van der Waals surface area (Å²) in [6, 6.07) is 3.53. The van der Waals surface area contributed by atoms with Crippen LogP contribution in [0.5, 0.6) is 0 Å². The van der Waals surface area contributed by atoms with Crippen molar-refractivity contribution < 1.29 is 12.8 Å². The van der Waals surface area contributed by atoms with Crippen LogP contribution in [0.1, 0.15) is 19.8 Å². The van der Waals surface area contributed by atoms with E-state index in [4.69, 9.17) is 5.73 Å². The first-order valence-electron chi connectivity index (χ1n) is 5.87. The normalized spacial score (nSPS) is 18.0. The van der Waals surface area contributed by atoms with Gasteiger partial charge < -0.3 is 5.73 Å². The summed E-state index contributed by atoms with van der Waals surface area (Å²) in [7, 11) is -2.11. The molecular weight excluding hydrogens is 255 g/mol. The third-order valence-electron chi connectivity index (χ3n) is 3.53. The van der Waals surface area contributed by atoms with E-state index in [0.29, 0.717) is 5.92 Å². The first-order valence-corrected chi connectivity index (χ1v) is 7.31. The van der Waals surface area contributed by atoms with Gasteiger partial charge in [0.1, 0.15) is 5.82 Å². The Bertz CT molecular complexity index is 555. The molecule has 2 rings (SSSR count). The highest BCUT2D eigenvalue weighted by atomic mass is 32.2. The largest absolute Gasteiger partial charge is 0.396 e. The van der Waals surface area contributed by atoms with E-state index in [-0.39, 0.29) is 16.6 Å². The molecule has 0 heterocycles. The number of benzene rings is 1. The van der Waals surface area contributed by atoms with Gasteiger partial charge in [0.15, 0.2) is 0 Å². The van der Waals surface area contributed by atoms with Crippen LogP contribution >= 0.6 is 0 Å². The third-order valence-corrected chi connectivity index (χ3v) is 5.47. The molecule has 1 aromatic carbocycles. The second-order valence-electron chi connectivity index (χ2n) is 4.78. The van der Waals surface area contributed by atoms with E-state index in [2.05, 4.69) is 0 Å². The van der Waals surface area contributed by atoms with Crippen LogP contribution in [-0.2, 0) is 10.0 Å². The molecule has 6 heteroatoms. The number of anilines is 1. The highest BCUT2D eigenvalue weighted by molar-refractivity contribution is 7.89. The maximum Gasteiger partial charge on any atom is 0.243 e. The molecule has 100 valence electrons. The maximum atomic E-state index is 13.3. The molecule has 0 radical (unpaired) electrons. The predicted molar refractivity (Wildman–Crippen MR) is 67.9 cm³/mol.